The minimum atomic E-state index is -1.27. The predicted molar refractivity (Wildman–Crippen MR) is 104 cm³/mol. The molecule has 142 valence electrons. The number of ketones is 1. The molecule has 0 radical (unpaired) electrons. The van der Waals surface area contributed by atoms with Gasteiger partial charge in [-0.15, -0.1) is 0 Å². The number of rotatable bonds is 6. The number of carbonyl (C=O) groups excluding carboxylic acids is 2. The van der Waals surface area contributed by atoms with E-state index in [9.17, 15) is 19.5 Å². The van der Waals surface area contributed by atoms with Gasteiger partial charge in [0.25, 0.3) is 5.91 Å². The van der Waals surface area contributed by atoms with E-state index in [1.54, 1.807) is 30.0 Å². The first-order chi connectivity index (χ1) is 12.1. The molecule has 0 spiro atoms. The van der Waals surface area contributed by atoms with Crippen LogP contribution in [0.3, 0.4) is 0 Å². The van der Waals surface area contributed by atoms with E-state index < -0.39 is 17.0 Å². The molecular formula is C19H26N2O4S. The van der Waals surface area contributed by atoms with E-state index >= 15 is 0 Å². The molecule has 7 heteroatoms. The topological polar surface area (TPSA) is 95.5 Å². The van der Waals surface area contributed by atoms with Gasteiger partial charge in [-0.2, -0.15) is 11.8 Å². The summed E-state index contributed by atoms with van der Waals surface area (Å²) in [6.07, 6.45) is 2.23. The van der Waals surface area contributed by atoms with Gasteiger partial charge in [0.2, 0.25) is 0 Å². The highest BCUT2D eigenvalue weighted by Gasteiger charge is 2.49. The first-order valence-electron chi connectivity index (χ1n) is 8.58. The van der Waals surface area contributed by atoms with E-state index in [0.29, 0.717) is 36.3 Å². The Labute approximate surface area is 158 Å². The van der Waals surface area contributed by atoms with Crippen molar-refractivity contribution in [3.8, 4) is 0 Å². The highest BCUT2D eigenvalue weighted by Crippen LogP contribution is 2.36. The third kappa shape index (κ3) is 4.03. The molecule has 0 bridgehead atoms. The van der Waals surface area contributed by atoms with Gasteiger partial charge in [0, 0.05) is 17.7 Å². The lowest BCUT2D eigenvalue weighted by Crippen LogP contribution is -2.64. The summed E-state index contributed by atoms with van der Waals surface area (Å²) in [4.78, 5) is 36.4. The second-order valence-corrected chi connectivity index (χ2v) is 8.56. The molecule has 0 saturated carbocycles. The zero-order valence-corrected chi connectivity index (χ0v) is 16.5. The van der Waals surface area contributed by atoms with Gasteiger partial charge < -0.3 is 15.7 Å². The molecule has 1 aliphatic carbocycles. The number of Topliss-reactive ketones (excluding diaryl/α,β-unsaturated/α-hetero) is 1. The molecule has 1 aliphatic rings. The zero-order valence-electron chi connectivity index (χ0n) is 15.6. The molecule has 1 aromatic carbocycles. The number of fused-ring (bicyclic) bond motifs is 1. The van der Waals surface area contributed by atoms with Crippen molar-refractivity contribution < 1.29 is 19.5 Å². The number of anilines is 1. The van der Waals surface area contributed by atoms with Crippen molar-refractivity contribution in [1.82, 2.24) is 5.32 Å². The van der Waals surface area contributed by atoms with Crippen LogP contribution in [0.5, 0.6) is 0 Å². The summed E-state index contributed by atoms with van der Waals surface area (Å²) in [5.41, 5.74) is 0.309. The van der Waals surface area contributed by atoms with Gasteiger partial charge in [0.05, 0.1) is 0 Å². The predicted octanol–water partition coefficient (Wildman–Crippen LogP) is 3.56. The lowest BCUT2D eigenvalue weighted by Gasteiger charge is -2.43. The largest absolute Gasteiger partial charge is 0.465 e. The molecule has 1 aromatic rings. The fourth-order valence-electron chi connectivity index (χ4n) is 3.34. The van der Waals surface area contributed by atoms with Crippen molar-refractivity contribution in [2.45, 2.75) is 45.6 Å². The second-order valence-electron chi connectivity index (χ2n) is 7.58. The highest BCUT2D eigenvalue weighted by atomic mass is 32.2. The normalized spacial score (nSPS) is 15.9. The van der Waals surface area contributed by atoms with Gasteiger partial charge in [-0.1, -0.05) is 20.8 Å². The molecule has 3 N–H and O–H groups in total. The SMILES string of the molecule is CSCC[C@@](NC(=O)O)(C(=O)Nc1ccc2c(c1)CCC2=O)C(C)(C)C. The van der Waals surface area contributed by atoms with Crippen molar-refractivity contribution in [2.75, 3.05) is 17.3 Å². The first-order valence-corrected chi connectivity index (χ1v) is 9.98. The minimum absolute atomic E-state index is 0.120. The summed E-state index contributed by atoms with van der Waals surface area (Å²) in [5, 5.41) is 14.7. The molecule has 2 rings (SSSR count). The van der Waals surface area contributed by atoms with E-state index in [1.165, 1.54) is 0 Å². The Morgan fingerprint density at radius 2 is 1.92 bits per heavy atom. The summed E-state index contributed by atoms with van der Waals surface area (Å²) in [5.74, 6) is 0.379. The van der Waals surface area contributed by atoms with Crippen LogP contribution in [0.25, 0.3) is 0 Å². The Morgan fingerprint density at radius 1 is 1.23 bits per heavy atom. The Kier molecular flexibility index (Phi) is 6.01. The summed E-state index contributed by atoms with van der Waals surface area (Å²) in [7, 11) is 0. The zero-order chi connectivity index (χ0) is 19.5. The average molecular weight is 378 g/mol. The number of benzene rings is 1. The number of aryl methyl sites for hydroxylation is 1. The fraction of sp³-hybridized carbons (Fsp3) is 0.526. The van der Waals surface area contributed by atoms with E-state index in [4.69, 9.17) is 0 Å². The number of nitrogens with one attached hydrogen (secondary N) is 2. The summed E-state index contributed by atoms with van der Waals surface area (Å²) in [6.45, 7) is 5.55. The Morgan fingerprint density at radius 3 is 2.50 bits per heavy atom. The van der Waals surface area contributed by atoms with Gasteiger partial charge >= 0.3 is 6.09 Å². The number of hydrogen-bond acceptors (Lipinski definition) is 4. The molecule has 0 aliphatic heterocycles. The lowest BCUT2D eigenvalue weighted by atomic mass is 9.71. The average Bonchev–Trinajstić information content (AvgIpc) is 2.90. The lowest BCUT2D eigenvalue weighted by molar-refractivity contribution is -0.126. The van der Waals surface area contributed by atoms with Gasteiger partial charge in [-0.25, -0.2) is 4.79 Å². The van der Waals surface area contributed by atoms with Crippen LogP contribution < -0.4 is 10.6 Å². The van der Waals surface area contributed by atoms with Crippen LogP contribution in [0.2, 0.25) is 0 Å². The third-order valence-corrected chi connectivity index (χ3v) is 5.57. The molecule has 26 heavy (non-hydrogen) atoms. The monoisotopic (exact) mass is 378 g/mol. The van der Waals surface area contributed by atoms with Gasteiger partial charge in [-0.3, -0.25) is 9.59 Å². The maximum atomic E-state index is 13.2. The van der Waals surface area contributed by atoms with Crippen molar-refractivity contribution in [3.05, 3.63) is 29.3 Å². The number of hydrogen-bond donors (Lipinski definition) is 3. The fourth-order valence-corrected chi connectivity index (χ4v) is 3.85. The van der Waals surface area contributed by atoms with Crippen molar-refractivity contribution in [1.29, 1.82) is 0 Å². The molecule has 0 unspecified atom stereocenters. The summed E-state index contributed by atoms with van der Waals surface area (Å²) in [6, 6.07) is 5.23. The number of thioether (sulfide) groups is 1. The molecule has 0 fully saturated rings. The first kappa shape index (κ1) is 20.3. The van der Waals surface area contributed by atoms with E-state index in [1.807, 2.05) is 27.0 Å². The van der Waals surface area contributed by atoms with E-state index in [2.05, 4.69) is 10.6 Å². The number of carbonyl (C=O) groups is 3. The maximum Gasteiger partial charge on any atom is 0.405 e. The molecule has 0 saturated heterocycles. The second kappa shape index (κ2) is 7.70. The molecule has 1 atom stereocenters. The van der Waals surface area contributed by atoms with Gasteiger partial charge in [-0.05, 0) is 54.0 Å². The summed E-state index contributed by atoms with van der Waals surface area (Å²) < 4.78 is 0. The van der Waals surface area contributed by atoms with Crippen LogP contribution in [0, 0.1) is 5.41 Å². The molecular weight excluding hydrogens is 352 g/mol. The molecule has 6 nitrogen and oxygen atoms in total. The van der Waals surface area contributed by atoms with Crippen LogP contribution in [-0.4, -0.2) is 40.4 Å². The maximum absolute atomic E-state index is 13.2. The Balaban J connectivity index is 2.33. The van der Waals surface area contributed by atoms with E-state index in [-0.39, 0.29) is 11.7 Å². The van der Waals surface area contributed by atoms with E-state index in [0.717, 1.165) is 5.56 Å². The number of carboxylic acid groups (broad SMARTS) is 1. The minimum Gasteiger partial charge on any atom is -0.465 e. The molecule has 0 heterocycles. The number of amides is 2. The van der Waals surface area contributed by atoms with Crippen LogP contribution in [0.15, 0.2) is 18.2 Å². The third-order valence-electron chi connectivity index (χ3n) is 4.95. The van der Waals surface area contributed by atoms with Crippen LogP contribution >= 0.6 is 11.8 Å². The summed E-state index contributed by atoms with van der Waals surface area (Å²) >= 11 is 1.56. The smallest absolute Gasteiger partial charge is 0.405 e. The van der Waals surface area contributed by atoms with Crippen LogP contribution in [0.1, 0.15) is 49.5 Å². The quantitative estimate of drug-likeness (QED) is 0.703. The van der Waals surface area contributed by atoms with Crippen LogP contribution in [-0.2, 0) is 11.2 Å². The Bertz CT molecular complexity index is 727. The highest BCUT2D eigenvalue weighted by molar-refractivity contribution is 7.98. The van der Waals surface area contributed by atoms with Crippen molar-refractivity contribution in [2.24, 2.45) is 5.41 Å². The Hall–Kier alpha value is -2.02. The molecule has 2 amide bonds. The van der Waals surface area contributed by atoms with Crippen molar-refractivity contribution >= 4 is 35.2 Å². The van der Waals surface area contributed by atoms with Crippen molar-refractivity contribution in [3.63, 3.8) is 0 Å². The molecule has 0 aromatic heterocycles. The van der Waals surface area contributed by atoms with Crippen LogP contribution in [0.4, 0.5) is 10.5 Å². The van der Waals surface area contributed by atoms with Gasteiger partial charge in [0.1, 0.15) is 5.54 Å². The van der Waals surface area contributed by atoms with Gasteiger partial charge in [0.15, 0.2) is 5.78 Å². The standard InChI is InChI=1S/C19H26N2O4S/c1-18(2,3)19(9-10-26-4,21-17(24)25)16(23)20-13-6-7-14-12(11-13)5-8-15(14)22/h6-7,11,21H,5,8-10H2,1-4H3,(H,20,23)(H,24,25)/t19-/m1/s1.